The van der Waals surface area contributed by atoms with Gasteiger partial charge in [-0.15, -0.1) is 0 Å². The molecule has 3 rings (SSSR count). The monoisotopic (exact) mass is 299 g/mol. The van der Waals surface area contributed by atoms with E-state index in [0.29, 0.717) is 18.0 Å². The van der Waals surface area contributed by atoms with Crippen molar-refractivity contribution in [3.63, 3.8) is 0 Å². The van der Waals surface area contributed by atoms with Gasteiger partial charge in [0.2, 0.25) is 0 Å². The van der Waals surface area contributed by atoms with Gasteiger partial charge in [-0.05, 0) is 49.8 Å². The normalized spacial score (nSPS) is 22.6. The van der Waals surface area contributed by atoms with Crippen LogP contribution in [-0.4, -0.2) is 6.04 Å². The lowest BCUT2D eigenvalue weighted by Crippen LogP contribution is -2.41. The molecule has 2 aromatic carbocycles. The van der Waals surface area contributed by atoms with Gasteiger partial charge < -0.3 is 5.32 Å². The van der Waals surface area contributed by atoms with Gasteiger partial charge in [0.05, 0.1) is 0 Å². The van der Waals surface area contributed by atoms with Gasteiger partial charge in [0.15, 0.2) is 0 Å². The number of aryl methyl sites for hydroxylation is 1. The molecule has 0 bridgehead atoms. The molecule has 0 unspecified atom stereocenters. The molecular weight excluding hydrogens is 278 g/mol. The molecule has 1 nitrogen and oxygen atoms in total. The summed E-state index contributed by atoms with van der Waals surface area (Å²) in [6, 6.07) is 18.0. The Hall–Kier alpha value is -1.31. The summed E-state index contributed by atoms with van der Waals surface area (Å²) >= 11 is 6.26. The van der Waals surface area contributed by atoms with Crippen LogP contribution in [0, 0.1) is 6.92 Å². The van der Waals surface area contributed by atoms with Crippen LogP contribution < -0.4 is 5.32 Å². The average Bonchev–Trinajstić information content (AvgIpc) is 2.44. The van der Waals surface area contributed by atoms with Gasteiger partial charge in [-0.3, -0.25) is 0 Å². The summed E-state index contributed by atoms with van der Waals surface area (Å²) in [6.45, 7) is 4.33. The molecule has 1 atom stereocenters. The van der Waals surface area contributed by atoms with E-state index in [2.05, 4.69) is 55.6 Å². The highest BCUT2D eigenvalue weighted by Gasteiger charge is 2.31. The number of benzene rings is 2. The Balaban J connectivity index is 1.55. The van der Waals surface area contributed by atoms with Crippen molar-refractivity contribution in [2.75, 3.05) is 0 Å². The number of rotatable bonds is 4. The summed E-state index contributed by atoms with van der Waals surface area (Å²) in [5.41, 5.74) is 4.00. The van der Waals surface area contributed by atoms with E-state index in [0.717, 1.165) is 5.02 Å². The van der Waals surface area contributed by atoms with Crippen LogP contribution in [-0.2, 0) is 0 Å². The van der Waals surface area contributed by atoms with Crippen LogP contribution in [0.5, 0.6) is 0 Å². The highest BCUT2D eigenvalue weighted by Crippen LogP contribution is 2.38. The fraction of sp³-hybridized carbons (Fsp3) is 0.368. The quantitative estimate of drug-likeness (QED) is 0.813. The topological polar surface area (TPSA) is 12.0 Å². The Kier molecular flexibility index (Phi) is 4.32. The smallest absolute Gasteiger partial charge is 0.0453 e. The molecule has 1 aliphatic rings. The van der Waals surface area contributed by atoms with Crippen molar-refractivity contribution in [3.8, 4) is 0 Å². The van der Waals surface area contributed by atoms with Crippen LogP contribution in [0.2, 0.25) is 5.02 Å². The molecule has 110 valence electrons. The lowest BCUT2D eigenvalue weighted by atomic mass is 9.75. The molecule has 1 aliphatic carbocycles. The highest BCUT2D eigenvalue weighted by molar-refractivity contribution is 6.31. The second-order valence-electron chi connectivity index (χ2n) is 6.19. The summed E-state index contributed by atoms with van der Waals surface area (Å²) in [5.74, 6) is 0.710. The van der Waals surface area contributed by atoms with E-state index in [1.165, 1.54) is 29.5 Å². The van der Waals surface area contributed by atoms with Crippen molar-refractivity contribution in [2.45, 2.75) is 44.7 Å². The Labute approximate surface area is 132 Å². The molecule has 1 fully saturated rings. The van der Waals surface area contributed by atoms with Gasteiger partial charge >= 0.3 is 0 Å². The van der Waals surface area contributed by atoms with Crippen LogP contribution in [0.15, 0.2) is 48.5 Å². The largest absolute Gasteiger partial charge is 0.307 e. The van der Waals surface area contributed by atoms with E-state index in [1.807, 2.05) is 12.1 Å². The zero-order valence-electron chi connectivity index (χ0n) is 12.6. The third-order valence-corrected chi connectivity index (χ3v) is 4.89. The van der Waals surface area contributed by atoms with Crippen molar-refractivity contribution in [1.82, 2.24) is 5.32 Å². The molecule has 21 heavy (non-hydrogen) atoms. The van der Waals surface area contributed by atoms with Crippen LogP contribution in [0.25, 0.3) is 0 Å². The second-order valence-corrected chi connectivity index (χ2v) is 6.59. The molecule has 2 aromatic rings. The zero-order chi connectivity index (χ0) is 14.8. The predicted molar refractivity (Wildman–Crippen MR) is 89.9 cm³/mol. The van der Waals surface area contributed by atoms with E-state index < -0.39 is 0 Å². The summed E-state index contributed by atoms with van der Waals surface area (Å²) in [7, 11) is 0. The van der Waals surface area contributed by atoms with Gasteiger partial charge in [-0.2, -0.15) is 0 Å². The maximum atomic E-state index is 6.26. The lowest BCUT2D eigenvalue weighted by Gasteiger charge is -2.38. The first kappa shape index (κ1) is 14.6. The first-order chi connectivity index (χ1) is 10.1. The third-order valence-electron chi connectivity index (χ3n) is 4.54. The first-order valence-corrected chi connectivity index (χ1v) is 8.08. The van der Waals surface area contributed by atoms with Crippen molar-refractivity contribution in [2.24, 2.45) is 0 Å². The molecule has 0 radical (unpaired) electrons. The number of hydrogen-bond donors (Lipinski definition) is 1. The van der Waals surface area contributed by atoms with Crippen LogP contribution in [0.1, 0.15) is 48.4 Å². The maximum Gasteiger partial charge on any atom is 0.0453 e. The van der Waals surface area contributed by atoms with Gasteiger partial charge in [0.25, 0.3) is 0 Å². The molecule has 1 N–H and O–H groups in total. The predicted octanol–water partition coefficient (Wildman–Crippen LogP) is 5.25. The third kappa shape index (κ3) is 3.30. The first-order valence-electron chi connectivity index (χ1n) is 7.70. The van der Waals surface area contributed by atoms with E-state index in [1.54, 1.807) is 0 Å². The minimum absolute atomic E-state index is 0.308. The van der Waals surface area contributed by atoms with Crippen molar-refractivity contribution < 1.29 is 0 Å². The van der Waals surface area contributed by atoms with E-state index in [-0.39, 0.29) is 0 Å². The summed E-state index contributed by atoms with van der Waals surface area (Å²) in [6.07, 6.45) is 2.44. The zero-order valence-corrected chi connectivity index (χ0v) is 13.4. The minimum Gasteiger partial charge on any atom is -0.307 e. The molecule has 0 aromatic heterocycles. The molecular formula is C19H22ClN. The molecule has 1 saturated carbocycles. The van der Waals surface area contributed by atoms with Crippen molar-refractivity contribution in [1.29, 1.82) is 0 Å². The molecule has 0 aliphatic heterocycles. The summed E-state index contributed by atoms with van der Waals surface area (Å²) in [4.78, 5) is 0. The van der Waals surface area contributed by atoms with E-state index >= 15 is 0 Å². The van der Waals surface area contributed by atoms with Gasteiger partial charge in [0, 0.05) is 17.1 Å². The maximum absolute atomic E-state index is 6.26. The minimum atomic E-state index is 0.308. The Bertz CT molecular complexity index is 599. The second kappa shape index (κ2) is 6.21. The summed E-state index contributed by atoms with van der Waals surface area (Å²) < 4.78 is 0. The molecule has 0 saturated heterocycles. The van der Waals surface area contributed by atoms with Crippen LogP contribution in [0.3, 0.4) is 0 Å². The van der Waals surface area contributed by atoms with Gasteiger partial charge in [0.1, 0.15) is 0 Å². The highest BCUT2D eigenvalue weighted by atomic mass is 35.5. The van der Waals surface area contributed by atoms with Crippen molar-refractivity contribution in [3.05, 3.63) is 70.2 Å². The fourth-order valence-corrected chi connectivity index (χ4v) is 3.43. The Morgan fingerprint density at radius 3 is 2.38 bits per heavy atom. The average molecular weight is 300 g/mol. The Morgan fingerprint density at radius 1 is 1.05 bits per heavy atom. The van der Waals surface area contributed by atoms with Crippen LogP contribution >= 0.6 is 11.6 Å². The standard InChI is InChI=1S/C19H22ClN/c1-13-7-9-15(10-8-13)16-11-17(12-16)21-14(2)18-5-3-4-6-19(18)20/h3-10,14,16-17,21H,11-12H2,1-2H3/t14-,16?,17?/m1/s1. The SMILES string of the molecule is Cc1ccc(C2CC(N[C@H](C)c3ccccc3Cl)C2)cc1. The summed E-state index contributed by atoms with van der Waals surface area (Å²) in [5, 5.41) is 4.55. The van der Waals surface area contributed by atoms with E-state index in [9.17, 15) is 0 Å². The van der Waals surface area contributed by atoms with Gasteiger partial charge in [-0.1, -0.05) is 59.6 Å². The van der Waals surface area contributed by atoms with Crippen molar-refractivity contribution >= 4 is 11.6 Å². The van der Waals surface area contributed by atoms with Crippen LogP contribution in [0.4, 0.5) is 0 Å². The molecule has 2 heteroatoms. The lowest BCUT2D eigenvalue weighted by molar-refractivity contribution is 0.271. The number of nitrogens with one attached hydrogen (secondary N) is 1. The Morgan fingerprint density at radius 2 is 1.71 bits per heavy atom. The molecule has 0 heterocycles. The fourth-order valence-electron chi connectivity index (χ4n) is 3.13. The molecule has 0 amide bonds. The number of hydrogen-bond acceptors (Lipinski definition) is 1. The van der Waals surface area contributed by atoms with E-state index in [4.69, 9.17) is 11.6 Å². The molecule has 0 spiro atoms. The van der Waals surface area contributed by atoms with Gasteiger partial charge in [-0.25, -0.2) is 0 Å². The number of halogens is 1.